The lowest BCUT2D eigenvalue weighted by Crippen LogP contribution is -1.79. The average molecular weight is 154 g/mol. The van der Waals surface area contributed by atoms with Gasteiger partial charge in [0.2, 0.25) is 0 Å². The molecule has 11 heavy (non-hydrogen) atoms. The number of allylic oxidation sites excluding steroid dienone is 2. The minimum absolute atomic E-state index is 0.633. The Hall–Kier alpha value is -0.920. The van der Waals surface area contributed by atoms with Gasteiger partial charge in [0.1, 0.15) is 12.6 Å². The molecular weight excluding hydrogens is 140 g/mol. The second-order valence-electron chi connectivity index (χ2n) is 2.52. The van der Waals surface area contributed by atoms with Crippen molar-refractivity contribution < 1.29 is 9.59 Å². The van der Waals surface area contributed by atoms with Crippen LogP contribution < -0.4 is 0 Å². The molecule has 2 nitrogen and oxygen atoms in total. The third-order valence-corrected chi connectivity index (χ3v) is 1.43. The number of aldehydes is 2. The lowest BCUT2D eigenvalue weighted by atomic mass is 10.1. The second kappa shape index (κ2) is 7.19. The summed E-state index contributed by atoms with van der Waals surface area (Å²) >= 11 is 0. The zero-order valence-electron chi connectivity index (χ0n) is 6.88. The summed E-state index contributed by atoms with van der Waals surface area (Å²) < 4.78 is 0. The lowest BCUT2D eigenvalue weighted by molar-refractivity contribution is -0.108. The Balaban J connectivity index is 3.25. The van der Waals surface area contributed by atoms with Crippen LogP contribution in [-0.2, 0) is 9.59 Å². The van der Waals surface area contributed by atoms with Gasteiger partial charge in [-0.25, -0.2) is 0 Å². The zero-order valence-corrected chi connectivity index (χ0v) is 6.88. The highest BCUT2D eigenvalue weighted by atomic mass is 16.1. The number of carbonyl (C=O) groups excluding carboxylic acids is 2. The molecule has 0 bridgehead atoms. The maximum absolute atomic E-state index is 10.1. The molecule has 2 heteroatoms. The van der Waals surface area contributed by atoms with E-state index in [2.05, 4.69) is 0 Å². The molecule has 0 aliphatic carbocycles. The summed E-state index contributed by atoms with van der Waals surface area (Å²) in [4.78, 5) is 20.0. The van der Waals surface area contributed by atoms with Crippen molar-refractivity contribution in [1.29, 1.82) is 0 Å². The number of hydrogen-bond donors (Lipinski definition) is 0. The Kier molecular flexibility index (Phi) is 6.59. The topological polar surface area (TPSA) is 34.1 Å². The first kappa shape index (κ1) is 10.1. The monoisotopic (exact) mass is 154 g/mol. The maximum Gasteiger partial charge on any atom is 0.145 e. The van der Waals surface area contributed by atoms with Gasteiger partial charge in [0.05, 0.1) is 0 Å². The third-order valence-electron chi connectivity index (χ3n) is 1.43. The molecule has 0 N–H and O–H groups in total. The van der Waals surface area contributed by atoms with Crippen LogP contribution in [0.2, 0.25) is 0 Å². The van der Waals surface area contributed by atoms with Gasteiger partial charge in [0, 0.05) is 6.42 Å². The lowest BCUT2D eigenvalue weighted by Gasteiger charge is -1.91. The van der Waals surface area contributed by atoms with Gasteiger partial charge in [-0.2, -0.15) is 0 Å². The van der Waals surface area contributed by atoms with E-state index in [1.165, 1.54) is 0 Å². The van der Waals surface area contributed by atoms with Crippen LogP contribution in [0.4, 0.5) is 0 Å². The highest BCUT2D eigenvalue weighted by Gasteiger charge is 1.86. The fourth-order valence-electron chi connectivity index (χ4n) is 0.750. The standard InChI is InChI=1S/C9H14O2/c1-9(8-11)6-4-2-3-5-7-10/h6-8H,2-5H2,1H3/b9-6+. The Morgan fingerprint density at radius 1 is 1.18 bits per heavy atom. The van der Waals surface area contributed by atoms with E-state index in [9.17, 15) is 9.59 Å². The van der Waals surface area contributed by atoms with Crippen molar-refractivity contribution in [2.45, 2.75) is 32.6 Å². The molecule has 0 spiro atoms. The fraction of sp³-hybridized carbons (Fsp3) is 0.556. The Morgan fingerprint density at radius 2 is 1.82 bits per heavy atom. The van der Waals surface area contributed by atoms with Gasteiger partial charge < -0.3 is 4.79 Å². The molecule has 0 atom stereocenters. The predicted octanol–water partition coefficient (Wildman–Crippen LogP) is 1.89. The summed E-state index contributed by atoms with van der Waals surface area (Å²) in [5, 5.41) is 0. The van der Waals surface area contributed by atoms with Crippen molar-refractivity contribution in [2.75, 3.05) is 0 Å². The van der Waals surface area contributed by atoms with E-state index >= 15 is 0 Å². The summed E-state index contributed by atoms with van der Waals surface area (Å²) in [6.45, 7) is 1.78. The molecule has 0 radical (unpaired) electrons. The van der Waals surface area contributed by atoms with Crippen molar-refractivity contribution >= 4 is 12.6 Å². The molecule has 0 rings (SSSR count). The molecule has 0 fully saturated rings. The van der Waals surface area contributed by atoms with E-state index in [-0.39, 0.29) is 0 Å². The second-order valence-corrected chi connectivity index (χ2v) is 2.52. The predicted molar refractivity (Wildman–Crippen MR) is 44.4 cm³/mol. The summed E-state index contributed by atoms with van der Waals surface area (Å²) in [6.07, 6.45) is 7.12. The summed E-state index contributed by atoms with van der Waals surface area (Å²) in [7, 11) is 0. The Labute approximate surface area is 67.3 Å². The van der Waals surface area contributed by atoms with Gasteiger partial charge in [0.25, 0.3) is 0 Å². The highest BCUT2D eigenvalue weighted by Crippen LogP contribution is 2.00. The Bertz CT molecular complexity index is 148. The van der Waals surface area contributed by atoms with E-state index in [4.69, 9.17) is 0 Å². The van der Waals surface area contributed by atoms with Crippen molar-refractivity contribution in [3.05, 3.63) is 11.6 Å². The van der Waals surface area contributed by atoms with E-state index in [0.717, 1.165) is 37.4 Å². The summed E-state index contributed by atoms with van der Waals surface area (Å²) in [5.74, 6) is 0. The molecule has 0 aliphatic rings. The average Bonchev–Trinajstić information content (AvgIpc) is 2.04. The van der Waals surface area contributed by atoms with Gasteiger partial charge >= 0.3 is 0 Å². The largest absolute Gasteiger partial charge is 0.303 e. The maximum atomic E-state index is 10.1. The van der Waals surface area contributed by atoms with Gasteiger partial charge in [-0.1, -0.05) is 6.08 Å². The molecule has 0 unspecified atom stereocenters. The van der Waals surface area contributed by atoms with Crippen LogP contribution in [0.3, 0.4) is 0 Å². The Morgan fingerprint density at radius 3 is 2.36 bits per heavy atom. The van der Waals surface area contributed by atoms with E-state index < -0.39 is 0 Å². The summed E-state index contributed by atoms with van der Waals surface area (Å²) in [5.41, 5.74) is 0.774. The van der Waals surface area contributed by atoms with E-state index in [1.54, 1.807) is 6.92 Å². The minimum Gasteiger partial charge on any atom is -0.303 e. The molecule has 0 aromatic heterocycles. The van der Waals surface area contributed by atoms with E-state index in [0.29, 0.717) is 6.42 Å². The first-order valence-electron chi connectivity index (χ1n) is 3.87. The van der Waals surface area contributed by atoms with Crippen LogP contribution in [0.15, 0.2) is 11.6 Å². The van der Waals surface area contributed by atoms with Crippen LogP contribution in [0, 0.1) is 0 Å². The molecule has 62 valence electrons. The first-order chi connectivity index (χ1) is 5.31. The molecule has 0 amide bonds. The molecule has 0 aromatic rings. The number of unbranched alkanes of at least 4 members (excludes halogenated alkanes) is 3. The van der Waals surface area contributed by atoms with E-state index in [1.807, 2.05) is 6.08 Å². The zero-order chi connectivity index (χ0) is 8.53. The molecule has 0 saturated carbocycles. The number of rotatable bonds is 6. The van der Waals surface area contributed by atoms with Gasteiger partial charge in [-0.05, 0) is 31.8 Å². The van der Waals surface area contributed by atoms with Crippen LogP contribution in [0.25, 0.3) is 0 Å². The molecule has 0 saturated heterocycles. The number of carbonyl (C=O) groups is 2. The van der Waals surface area contributed by atoms with Crippen molar-refractivity contribution in [1.82, 2.24) is 0 Å². The van der Waals surface area contributed by atoms with Crippen molar-refractivity contribution in [2.24, 2.45) is 0 Å². The molecule has 0 heterocycles. The number of hydrogen-bond acceptors (Lipinski definition) is 2. The molecule has 0 aromatic carbocycles. The van der Waals surface area contributed by atoms with Crippen LogP contribution in [-0.4, -0.2) is 12.6 Å². The third kappa shape index (κ3) is 6.97. The SMILES string of the molecule is C/C(C=O)=C\CCCCC=O. The normalized spacial score (nSPS) is 11.2. The van der Waals surface area contributed by atoms with Crippen molar-refractivity contribution in [3.63, 3.8) is 0 Å². The van der Waals surface area contributed by atoms with Gasteiger partial charge in [-0.15, -0.1) is 0 Å². The highest BCUT2D eigenvalue weighted by molar-refractivity contribution is 5.71. The first-order valence-corrected chi connectivity index (χ1v) is 3.87. The van der Waals surface area contributed by atoms with Crippen LogP contribution >= 0.6 is 0 Å². The fourth-order valence-corrected chi connectivity index (χ4v) is 0.750. The summed E-state index contributed by atoms with van der Waals surface area (Å²) in [6, 6.07) is 0. The minimum atomic E-state index is 0.633. The van der Waals surface area contributed by atoms with Crippen molar-refractivity contribution in [3.8, 4) is 0 Å². The van der Waals surface area contributed by atoms with Gasteiger partial charge in [-0.3, -0.25) is 4.79 Å². The van der Waals surface area contributed by atoms with Crippen LogP contribution in [0.1, 0.15) is 32.6 Å². The smallest absolute Gasteiger partial charge is 0.145 e. The quantitative estimate of drug-likeness (QED) is 0.332. The van der Waals surface area contributed by atoms with Gasteiger partial charge in [0.15, 0.2) is 0 Å². The van der Waals surface area contributed by atoms with Crippen LogP contribution in [0.5, 0.6) is 0 Å². The molecule has 0 aliphatic heterocycles. The molecular formula is C9H14O2.